The maximum absolute atomic E-state index is 13.8. The first-order valence-corrected chi connectivity index (χ1v) is 9.28. The molecule has 0 bridgehead atoms. The Balaban J connectivity index is 1.69. The summed E-state index contributed by atoms with van der Waals surface area (Å²) in [7, 11) is 0. The van der Waals surface area contributed by atoms with Gasteiger partial charge in [0.2, 0.25) is 0 Å². The largest absolute Gasteiger partial charge is 0.322 e. The fraction of sp³-hybridized carbons (Fsp3) is 0.0455. The summed E-state index contributed by atoms with van der Waals surface area (Å²) < 4.78 is 13.8. The molecule has 3 aromatic carbocycles. The van der Waals surface area contributed by atoms with Gasteiger partial charge in [-0.2, -0.15) is 0 Å². The third-order valence-corrected chi connectivity index (χ3v) is 4.48. The van der Waals surface area contributed by atoms with Crippen LogP contribution < -0.4 is 16.2 Å². The number of hydrogen-bond acceptors (Lipinski definition) is 5. The van der Waals surface area contributed by atoms with Gasteiger partial charge in [0, 0.05) is 28.9 Å². The predicted octanol–water partition coefficient (Wildman–Crippen LogP) is 3.37. The molecule has 3 amide bonds. The first-order chi connectivity index (χ1) is 15.3. The van der Waals surface area contributed by atoms with Crippen molar-refractivity contribution in [2.45, 2.75) is 6.92 Å². The minimum atomic E-state index is -0.748. The Morgan fingerprint density at radius 2 is 1.50 bits per heavy atom. The zero-order chi connectivity index (χ0) is 23.3. The van der Waals surface area contributed by atoms with Crippen molar-refractivity contribution in [1.29, 1.82) is 0 Å². The van der Waals surface area contributed by atoms with E-state index >= 15 is 0 Å². The van der Waals surface area contributed by atoms with Gasteiger partial charge in [0.1, 0.15) is 5.82 Å². The number of rotatable bonds is 5. The van der Waals surface area contributed by atoms with Gasteiger partial charge >= 0.3 is 0 Å². The first kappa shape index (κ1) is 22.1. The molecule has 10 heteroatoms. The Morgan fingerprint density at radius 3 is 2.16 bits per heavy atom. The maximum Gasteiger partial charge on any atom is 0.270 e. The van der Waals surface area contributed by atoms with Gasteiger partial charge in [-0.05, 0) is 42.8 Å². The van der Waals surface area contributed by atoms with Crippen LogP contribution in [0.1, 0.15) is 36.6 Å². The smallest absolute Gasteiger partial charge is 0.270 e. The molecule has 0 unspecified atom stereocenters. The van der Waals surface area contributed by atoms with E-state index in [9.17, 15) is 28.9 Å². The molecule has 0 aliphatic rings. The highest BCUT2D eigenvalue weighted by Gasteiger charge is 2.16. The van der Waals surface area contributed by atoms with Crippen molar-refractivity contribution < 1.29 is 23.7 Å². The highest BCUT2D eigenvalue weighted by Crippen LogP contribution is 2.19. The number of hydrogen-bond donors (Lipinski definition) is 3. The van der Waals surface area contributed by atoms with Crippen molar-refractivity contribution in [1.82, 2.24) is 10.9 Å². The number of nitrogens with one attached hydrogen (secondary N) is 3. The molecular weight excluding hydrogens is 419 g/mol. The van der Waals surface area contributed by atoms with E-state index in [0.29, 0.717) is 5.56 Å². The minimum absolute atomic E-state index is 0.0127. The van der Waals surface area contributed by atoms with E-state index in [0.717, 1.165) is 12.1 Å². The Hall–Kier alpha value is -4.60. The second-order valence-corrected chi connectivity index (χ2v) is 6.68. The number of carbonyl (C=O) groups excluding carboxylic acids is 3. The molecule has 3 aromatic rings. The summed E-state index contributed by atoms with van der Waals surface area (Å²) in [5.41, 5.74) is 4.98. The normalized spacial score (nSPS) is 10.2. The molecule has 0 spiro atoms. The molecule has 9 nitrogen and oxygen atoms in total. The summed E-state index contributed by atoms with van der Waals surface area (Å²) in [6.07, 6.45) is 0. The molecule has 0 fully saturated rings. The summed E-state index contributed by atoms with van der Waals surface area (Å²) in [5.74, 6) is -2.80. The Morgan fingerprint density at radius 1 is 0.844 bits per heavy atom. The number of nitro groups is 1. The van der Waals surface area contributed by atoms with Gasteiger partial charge in [0.15, 0.2) is 0 Å². The van der Waals surface area contributed by atoms with Gasteiger partial charge in [0.05, 0.1) is 10.5 Å². The number of benzene rings is 3. The highest BCUT2D eigenvalue weighted by molar-refractivity contribution is 6.06. The van der Waals surface area contributed by atoms with E-state index < -0.39 is 28.5 Å². The van der Waals surface area contributed by atoms with E-state index in [1.807, 2.05) is 0 Å². The Kier molecular flexibility index (Phi) is 6.54. The number of non-ortho nitro benzene ring substituents is 1. The van der Waals surface area contributed by atoms with E-state index in [-0.39, 0.29) is 28.1 Å². The van der Waals surface area contributed by atoms with E-state index in [1.54, 1.807) is 13.0 Å². The summed E-state index contributed by atoms with van der Waals surface area (Å²) in [4.78, 5) is 47.1. The molecule has 0 radical (unpaired) electrons. The fourth-order valence-corrected chi connectivity index (χ4v) is 2.75. The number of hydrazine groups is 1. The summed E-state index contributed by atoms with van der Waals surface area (Å²) in [5, 5.41) is 13.4. The number of anilines is 1. The van der Waals surface area contributed by atoms with Crippen molar-refractivity contribution in [3.63, 3.8) is 0 Å². The van der Waals surface area contributed by atoms with Gasteiger partial charge in [-0.25, -0.2) is 4.39 Å². The van der Waals surface area contributed by atoms with Gasteiger partial charge in [-0.1, -0.05) is 24.3 Å². The standard InChI is InChI=1S/C22H17FN4O5/c1-13-9-10-15(12-19(13)24-22(30)17-7-2-3-8-18(17)23)21(29)26-25-20(28)14-5-4-6-16(11-14)27(31)32/h2-12H,1H3,(H,24,30)(H,25,28)(H,26,29). The predicted molar refractivity (Wildman–Crippen MR) is 114 cm³/mol. The molecule has 3 rings (SSSR count). The second kappa shape index (κ2) is 9.47. The molecule has 162 valence electrons. The molecule has 0 aromatic heterocycles. The summed E-state index contributed by atoms with van der Waals surface area (Å²) in [6, 6.07) is 14.9. The number of halogens is 1. The molecule has 3 N–H and O–H groups in total. The zero-order valence-corrected chi connectivity index (χ0v) is 16.7. The lowest BCUT2D eigenvalue weighted by Crippen LogP contribution is -2.41. The average molecular weight is 436 g/mol. The molecule has 0 saturated carbocycles. The molecule has 0 aliphatic carbocycles. The van der Waals surface area contributed by atoms with Crippen molar-refractivity contribution in [2.24, 2.45) is 0 Å². The van der Waals surface area contributed by atoms with Crippen molar-refractivity contribution in [3.8, 4) is 0 Å². The highest BCUT2D eigenvalue weighted by atomic mass is 19.1. The van der Waals surface area contributed by atoms with Gasteiger partial charge in [0.25, 0.3) is 23.4 Å². The van der Waals surface area contributed by atoms with Crippen LogP contribution in [0.4, 0.5) is 15.8 Å². The third-order valence-electron chi connectivity index (χ3n) is 4.48. The van der Waals surface area contributed by atoms with Crippen LogP contribution in [0, 0.1) is 22.9 Å². The lowest BCUT2D eigenvalue weighted by molar-refractivity contribution is -0.384. The number of nitro benzene ring substituents is 1. The van der Waals surface area contributed by atoms with Crippen LogP contribution in [0.15, 0.2) is 66.7 Å². The average Bonchev–Trinajstić information content (AvgIpc) is 2.79. The van der Waals surface area contributed by atoms with Crippen LogP contribution in [0.3, 0.4) is 0 Å². The van der Waals surface area contributed by atoms with Crippen molar-refractivity contribution in [2.75, 3.05) is 5.32 Å². The molecule has 0 aliphatic heterocycles. The minimum Gasteiger partial charge on any atom is -0.322 e. The monoisotopic (exact) mass is 436 g/mol. The number of carbonyl (C=O) groups is 3. The second-order valence-electron chi connectivity index (χ2n) is 6.68. The van der Waals surface area contributed by atoms with Crippen molar-refractivity contribution in [3.05, 3.63) is 105 Å². The first-order valence-electron chi connectivity index (χ1n) is 9.28. The van der Waals surface area contributed by atoms with Crippen LogP contribution in [0.25, 0.3) is 0 Å². The fourth-order valence-electron chi connectivity index (χ4n) is 2.75. The third kappa shape index (κ3) is 5.11. The van der Waals surface area contributed by atoms with Crippen LogP contribution in [-0.2, 0) is 0 Å². The van der Waals surface area contributed by atoms with E-state index in [2.05, 4.69) is 16.2 Å². The number of amides is 3. The van der Waals surface area contributed by atoms with Gasteiger partial charge in [-0.15, -0.1) is 0 Å². The molecule has 0 atom stereocenters. The summed E-state index contributed by atoms with van der Waals surface area (Å²) in [6.45, 7) is 1.70. The molecule has 32 heavy (non-hydrogen) atoms. The van der Waals surface area contributed by atoms with Gasteiger partial charge in [-0.3, -0.25) is 35.3 Å². The van der Waals surface area contributed by atoms with Gasteiger partial charge < -0.3 is 5.32 Å². The molecular formula is C22H17FN4O5. The van der Waals surface area contributed by atoms with Crippen LogP contribution in [0.5, 0.6) is 0 Å². The Labute approximate surface area is 181 Å². The SMILES string of the molecule is Cc1ccc(C(=O)NNC(=O)c2cccc([N+](=O)[O-])c2)cc1NC(=O)c1ccccc1F. The zero-order valence-electron chi connectivity index (χ0n) is 16.7. The lowest BCUT2D eigenvalue weighted by Gasteiger charge is -2.12. The van der Waals surface area contributed by atoms with Crippen molar-refractivity contribution >= 4 is 29.1 Å². The lowest BCUT2D eigenvalue weighted by atomic mass is 10.1. The van der Waals surface area contributed by atoms with Crippen LogP contribution in [0.2, 0.25) is 0 Å². The molecule has 0 saturated heterocycles. The summed E-state index contributed by atoms with van der Waals surface area (Å²) >= 11 is 0. The maximum atomic E-state index is 13.8. The van der Waals surface area contributed by atoms with E-state index in [4.69, 9.17) is 0 Å². The number of aryl methyl sites for hydroxylation is 1. The quantitative estimate of drug-likeness (QED) is 0.417. The van der Waals surface area contributed by atoms with Crippen LogP contribution >= 0.6 is 0 Å². The topological polar surface area (TPSA) is 130 Å². The molecule has 0 heterocycles. The Bertz CT molecular complexity index is 1230. The number of nitrogens with zero attached hydrogens (tertiary/aromatic N) is 1. The van der Waals surface area contributed by atoms with Crippen LogP contribution in [-0.4, -0.2) is 22.6 Å². The van der Waals surface area contributed by atoms with E-state index in [1.165, 1.54) is 48.5 Å².